The summed E-state index contributed by atoms with van der Waals surface area (Å²) < 4.78 is 23.0. The lowest BCUT2D eigenvalue weighted by molar-refractivity contribution is 0.0687. The van der Waals surface area contributed by atoms with Gasteiger partial charge in [-0.25, -0.2) is 4.39 Å². The second kappa shape index (κ2) is 9.83. The third-order valence-corrected chi connectivity index (χ3v) is 2.79. The molecule has 0 aromatic carbocycles. The lowest BCUT2D eigenvalue weighted by atomic mass is 10.2. The topological polar surface area (TPSA) is 43.4 Å². The standard InChI is InChI=1S/C14H23FN2O2/c1-12(14-6-5-13(15)11-17-14)16-7-3-4-8-19-10-9-18-2/h5-6,11-12,16H,3-4,7-10H2,1-2H3. The van der Waals surface area contributed by atoms with Crippen molar-refractivity contribution in [1.82, 2.24) is 10.3 Å². The van der Waals surface area contributed by atoms with E-state index in [1.54, 1.807) is 13.2 Å². The van der Waals surface area contributed by atoms with E-state index in [0.717, 1.165) is 31.7 Å². The van der Waals surface area contributed by atoms with Crippen molar-refractivity contribution in [2.45, 2.75) is 25.8 Å². The van der Waals surface area contributed by atoms with Crippen molar-refractivity contribution in [2.24, 2.45) is 0 Å². The molecule has 0 amide bonds. The molecule has 1 atom stereocenters. The SMILES string of the molecule is COCCOCCCCNC(C)c1ccc(F)cn1. The van der Waals surface area contributed by atoms with Crippen molar-refractivity contribution in [3.05, 3.63) is 29.8 Å². The van der Waals surface area contributed by atoms with Crippen molar-refractivity contribution < 1.29 is 13.9 Å². The second-order valence-electron chi connectivity index (χ2n) is 4.39. The van der Waals surface area contributed by atoms with E-state index >= 15 is 0 Å². The summed E-state index contributed by atoms with van der Waals surface area (Å²) >= 11 is 0. The first kappa shape index (κ1) is 16.0. The first-order chi connectivity index (χ1) is 9.24. The Morgan fingerprint density at radius 3 is 2.79 bits per heavy atom. The summed E-state index contributed by atoms with van der Waals surface area (Å²) in [5.74, 6) is -0.302. The Hall–Kier alpha value is -1.04. The van der Waals surface area contributed by atoms with Crippen LogP contribution >= 0.6 is 0 Å². The third kappa shape index (κ3) is 7.20. The van der Waals surface area contributed by atoms with Gasteiger partial charge in [0.05, 0.1) is 25.1 Å². The van der Waals surface area contributed by atoms with Crippen molar-refractivity contribution in [1.29, 1.82) is 0 Å². The molecule has 0 saturated carbocycles. The minimum absolute atomic E-state index is 0.134. The molecule has 0 spiro atoms. The fourth-order valence-electron chi connectivity index (χ4n) is 1.64. The summed E-state index contributed by atoms with van der Waals surface area (Å²) in [5.41, 5.74) is 0.859. The second-order valence-corrected chi connectivity index (χ2v) is 4.39. The molecule has 1 aromatic heterocycles. The number of aromatic nitrogens is 1. The molecule has 0 aliphatic carbocycles. The van der Waals surface area contributed by atoms with Gasteiger partial charge in [0.1, 0.15) is 5.82 Å². The Balaban J connectivity index is 2.04. The van der Waals surface area contributed by atoms with E-state index in [4.69, 9.17) is 9.47 Å². The van der Waals surface area contributed by atoms with Gasteiger partial charge in [0.2, 0.25) is 0 Å². The zero-order valence-electron chi connectivity index (χ0n) is 11.7. The van der Waals surface area contributed by atoms with Crippen LogP contribution in [0.5, 0.6) is 0 Å². The van der Waals surface area contributed by atoms with Crippen molar-refractivity contribution in [3.63, 3.8) is 0 Å². The average molecular weight is 270 g/mol. The lowest BCUT2D eigenvalue weighted by Gasteiger charge is -2.13. The van der Waals surface area contributed by atoms with Crippen LogP contribution in [0.2, 0.25) is 0 Å². The van der Waals surface area contributed by atoms with Crippen LogP contribution in [0.3, 0.4) is 0 Å². The van der Waals surface area contributed by atoms with Crippen LogP contribution in [-0.2, 0) is 9.47 Å². The van der Waals surface area contributed by atoms with Crippen LogP contribution in [0, 0.1) is 5.82 Å². The number of rotatable bonds is 10. The molecule has 0 aliphatic rings. The minimum atomic E-state index is -0.302. The van der Waals surface area contributed by atoms with Crippen LogP contribution in [0.25, 0.3) is 0 Å². The summed E-state index contributed by atoms with van der Waals surface area (Å²) in [6.45, 7) is 4.97. The number of unbranched alkanes of at least 4 members (excludes halogenated alkanes) is 1. The van der Waals surface area contributed by atoms with E-state index in [9.17, 15) is 4.39 Å². The summed E-state index contributed by atoms with van der Waals surface area (Å²) in [6.07, 6.45) is 3.30. The zero-order valence-corrected chi connectivity index (χ0v) is 11.7. The largest absolute Gasteiger partial charge is 0.382 e. The molecule has 0 bridgehead atoms. The number of nitrogens with zero attached hydrogens (tertiary/aromatic N) is 1. The van der Waals surface area contributed by atoms with Gasteiger partial charge >= 0.3 is 0 Å². The predicted octanol–water partition coefficient (Wildman–Crippen LogP) is 2.31. The van der Waals surface area contributed by atoms with E-state index in [1.807, 2.05) is 6.92 Å². The Kier molecular flexibility index (Phi) is 8.29. The van der Waals surface area contributed by atoms with E-state index in [-0.39, 0.29) is 11.9 Å². The van der Waals surface area contributed by atoms with Gasteiger partial charge in [-0.2, -0.15) is 0 Å². The van der Waals surface area contributed by atoms with Crippen LogP contribution in [-0.4, -0.2) is 38.5 Å². The maximum Gasteiger partial charge on any atom is 0.141 e. The summed E-state index contributed by atoms with van der Waals surface area (Å²) in [4.78, 5) is 4.05. The minimum Gasteiger partial charge on any atom is -0.382 e. The van der Waals surface area contributed by atoms with Gasteiger partial charge in [-0.15, -0.1) is 0 Å². The van der Waals surface area contributed by atoms with E-state index in [1.165, 1.54) is 12.3 Å². The number of halogens is 1. The highest BCUT2D eigenvalue weighted by Gasteiger charge is 2.05. The summed E-state index contributed by atoms with van der Waals surface area (Å²) in [5, 5.41) is 3.36. The number of nitrogens with one attached hydrogen (secondary N) is 1. The zero-order chi connectivity index (χ0) is 13.9. The van der Waals surface area contributed by atoms with E-state index in [0.29, 0.717) is 13.2 Å². The Labute approximate surface area is 114 Å². The molecule has 1 rings (SSSR count). The lowest BCUT2D eigenvalue weighted by Crippen LogP contribution is -2.21. The molecule has 0 saturated heterocycles. The van der Waals surface area contributed by atoms with Crippen molar-refractivity contribution in [3.8, 4) is 0 Å². The Bertz CT molecular complexity index is 333. The summed E-state index contributed by atoms with van der Waals surface area (Å²) in [6, 6.07) is 3.28. The maximum atomic E-state index is 12.7. The highest BCUT2D eigenvalue weighted by Crippen LogP contribution is 2.09. The van der Waals surface area contributed by atoms with E-state index < -0.39 is 0 Å². The molecule has 1 heterocycles. The number of methoxy groups -OCH3 is 1. The first-order valence-electron chi connectivity index (χ1n) is 6.65. The van der Waals surface area contributed by atoms with Gasteiger partial charge in [-0.3, -0.25) is 4.98 Å². The quantitative estimate of drug-likeness (QED) is 0.663. The van der Waals surface area contributed by atoms with Crippen LogP contribution in [0.1, 0.15) is 31.5 Å². The Morgan fingerprint density at radius 1 is 1.26 bits per heavy atom. The fourth-order valence-corrected chi connectivity index (χ4v) is 1.64. The van der Waals surface area contributed by atoms with Crippen LogP contribution < -0.4 is 5.32 Å². The molecule has 108 valence electrons. The fraction of sp³-hybridized carbons (Fsp3) is 0.643. The monoisotopic (exact) mass is 270 g/mol. The van der Waals surface area contributed by atoms with Gasteiger partial charge in [0, 0.05) is 19.8 Å². The van der Waals surface area contributed by atoms with E-state index in [2.05, 4.69) is 10.3 Å². The summed E-state index contributed by atoms with van der Waals surface area (Å²) in [7, 11) is 1.66. The van der Waals surface area contributed by atoms with Gasteiger partial charge < -0.3 is 14.8 Å². The highest BCUT2D eigenvalue weighted by atomic mass is 19.1. The molecule has 1 N–H and O–H groups in total. The molecule has 0 aliphatic heterocycles. The molecule has 19 heavy (non-hydrogen) atoms. The highest BCUT2D eigenvalue weighted by molar-refractivity contribution is 5.08. The molecule has 0 fully saturated rings. The predicted molar refractivity (Wildman–Crippen MR) is 72.5 cm³/mol. The number of pyridine rings is 1. The first-order valence-corrected chi connectivity index (χ1v) is 6.65. The Morgan fingerprint density at radius 2 is 2.11 bits per heavy atom. The average Bonchev–Trinajstić information content (AvgIpc) is 2.42. The maximum absolute atomic E-state index is 12.7. The van der Waals surface area contributed by atoms with Crippen LogP contribution in [0.4, 0.5) is 4.39 Å². The molecular formula is C14H23FN2O2. The molecular weight excluding hydrogens is 247 g/mol. The van der Waals surface area contributed by atoms with Gasteiger partial charge in [-0.05, 0) is 38.4 Å². The molecule has 1 unspecified atom stereocenters. The molecule has 1 aromatic rings. The number of ether oxygens (including phenoxy) is 2. The smallest absolute Gasteiger partial charge is 0.141 e. The molecule has 5 heteroatoms. The number of hydrogen-bond donors (Lipinski definition) is 1. The van der Waals surface area contributed by atoms with Crippen LogP contribution in [0.15, 0.2) is 18.3 Å². The normalized spacial score (nSPS) is 12.6. The van der Waals surface area contributed by atoms with Crippen molar-refractivity contribution in [2.75, 3.05) is 33.5 Å². The number of hydrogen-bond acceptors (Lipinski definition) is 4. The van der Waals surface area contributed by atoms with Crippen molar-refractivity contribution >= 4 is 0 Å². The van der Waals surface area contributed by atoms with Gasteiger partial charge in [-0.1, -0.05) is 0 Å². The van der Waals surface area contributed by atoms with Gasteiger partial charge in [0.25, 0.3) is 0 Å². The molecule has 0 radical (unpaired) electrons. The molecule has 4 nitrogen and oxygen atoms in total. The van der Waals surface area contributed by atoms with Gasteiger partial charge in [0.15, 0.2) is 0 Å². The third-order valence-electron chi connectivity index (χ3n) is 2.79.